The molecule has 0 atom stereocenters. The van der Waals surface area contributed by atoms with Crippen molar-refractivity contribution in [1.82, 2.24) is 0 Å². The van der Waals surface area contributed by atoms with E-state index >= 15 is 0 Å². The summed E-state index contributed by atoms with van der Waals surface area (Å²) in [5.74, 6) is 0. The summed E-state index contributed by atoms with van der Waals surface area (Å²) in [5, 5.41) is 0. The quantitative estimate of drug-likeness (QED) is 0.556. The lowest BCUT2D eigenvalue weighted by molar-refractivity contribution is 0.0415. The van der Waals surface area contributed by atoms with E-state index in [-0.39, 0.29) is 4.90 Å². The fourth-order valence-electron chi connectivity index (χ4n) is 2.32. The molecule has 0 aliphatic rings. The molecule has 0 amide bonds. The zero-order valence-electron chi connectivity index (χ0n) is 13.6. The lowest BCUT2D eigenvalue weighted by Crippen LogP contribution is -2.09. The van der Waals surface area contributed by atoms with Gasteiger partial charge in [-0.2, -0.15) is 8.42 Å². The second-order valence-corrected chi connectivity index (χ2v) is 6.88. The Kier molecular flexibility index (Phi) is 6.93. The molecule has 5 nitrogen and oxygen atoms in total. The minimum Gasteiger partial charge on any atom is -0.379 e. The Bertz CT molecular complexity index is 741. The van der Waals surface area contributed by atoms with Gasteiger partial charge in [-0.1, -0.05) is 48.0 Å². The predicted octanol–water partition coefficient (Wildman–Crippen LogP) is 3.02. The summed E-state index contributed by atoms with van der Waals surface area (Å²) in [4.78, 5) is -0.0583. The molecule has 2 aromatic carbocycles. The zero-order chi connectivity index (χ0) is 17.4. The topological polar surface area (TPSA) is 72.8 Å². The highest BCUT2D eigenvalue weighted by molar-refractivity contribution is 7.85. The molecule has 24 heavy (non-hydrogen) atoms. The lowest BCUT2D eigenvalue weighted by atomic mass is 10.1. The van der Waals surface area contributed by atoms with Crippen LogP contribution in [0.25, 0.3) is 0 Å². The molecule has 1 N–H and O–H groups in total. The molecule has 0 heterocycles. The Balaban J connectivity index is 1.72. The van der Waals surface area contributed by atoms with E-state index in [1.807, 2.05) is 37.3 Å². The molecule has 0 saturated heterocycles. The smallest absolute Gasteiger partial charge is 0.294 e. The molecule has 0 aliphatic heterocycles. The number of hydrogen-bond acceptors (Lipinski definition) is 4. The van der Waals surface area contributed by atoms with Crippen molar-refractivity contribution >= 4 is 10.1 Å². The minimum absolute atomic E-state index is 0.0583. The third kappa shape index (κ3) is 6.05. The Labute approximate surface area is 143 Å². The molecule has 0 bridgehead atoms. The van der Waals surface area contributed by atoms with Crippen molar-refractivity contribution in [3.63, 3.8) is 0 Å². The first kappa shape index (κ1) is 18.6. The molecule has 2 aromatic rings. The van der Waals surface area contributed by atoms with Crippen LogP contribution in [0.4, 0.5) is 0 Å². The molecule has 0 radical (unpaired) electrons. The molecule has 0 aromatic heterocycles. The summed E-state index contributed by atoms with van der Waals surface area (Å²) in [5.41, 5.74) is 2.60. The van der Waals surface area contributed by atoms with E-state index in [1.165, 1.54) is 6.07 Å². The van der Waals surface area contributed by atoms with Gasteiger partial charge in [-0.3, -0.25) is 4.55 Å². The number of ether oxygens (including phenoxy) is 2. The summed E-state index contributed by atoms with van der Waals surface area (Å²) in [6.45, 7) is 3.67. The van der Waals surface area contributed by atoms with Crippen LogP contribution >= 0.6 is 0 Å². The van der Waals surface area contributed by atoms with Crippen molar-refractivity contribution in [2.75, 3.05) is 19.8 Å². The van der Waals surface area contributed by atoms with E-state index in [4.69, 9.17) is 9.47 Å². The van der Waals surface area contributed by atoms with Crippen LogP contribution in [0.1, 0.15) is 16.7 Å². The third-order valence-corrected chi connectivity index (χ3v) is 4.45. The maximum absolute atomic E-state index is 11.4. The van der Waals surface area contributed by atoms with E-state index in [2.05, 4.69) is 0 Å². The van der Waals surface area contributed by atoms with Gasteiger partial charge < -0.3 is 9.47 Å². The molecule has 0 fully saturated rings. The summed E-state index contributed by atoms with van der Waals surface area (Å²) >= 11 is 0. The van der Waals surface area contributed by atoms with Gasteiger partial charge in [0.25, 0.3) is 10.1 Å². The van der Waals surface area contributed by atoms with Gasteiger partial charge in [-0.15, -0.1) is 0 Å². The second kappa shape index (κ2) is 8.94. The van der Waals surface area contributed by atoms with E-state index in [0.29, 0.717) is 38.4 Å². The van der Waals surface area contributed by atoms with E-state index in [0.717, 1.165) is 11.1 Å². The van der Waals surface area contributed by atoms with Crippen LogP contribution in [0.3, 0.4) is 0 Å². The average molecular weight is 350 g/mol. The Morgan fingerprint density at radius 3 is 2.38 bits per heavy atom. The Hall–Kier alpha value is -1.73. The first-order chi connectivity index (χ1) is 11.5. The minimum atomic E-state index is -4.21. The van der Waals surface area contributed by atoms with Gasteiger partial charge in [-0.25, -0.2) is 0 Å². The molecular formula is C18H22O5S. The fraction of sp³-hybridized carbons (Fsp3) is 0.333. The van der Waals surface area contributed by atoms with E-state index < -0.39 is 10.1 Å². The molecule has 6 heteroatoms. The molecular weight excluding hydrogens is 328 g/mol. The Morgan fingerprint density at radius 2 is 1.67 bits per heavy atom. The van der Waals surface area contributed by atoms with Gasteiger partial charge in [0.05, 0.1) is 31.3 Å². The summed E-state index contributed by atoms with van der Waals surface area (Å²) in [7, 11) is -4.21. The van der Waals surface area contributed by atoms with Crippen LogP contribution in [0, 0.1) is 6.92 Å². The average Bonchev–Trinajstić information content (AvgIpc) is 2.54. The first-order valence-electron chi connectivity index (χ1n) is 7.73. The molecule has 130 valence electrons. The number of hydrogen-bond donors (Lipinski definition) is 1. The number of rotatable bonds is 9. The first-order valence-corrected chi connectivity index (χ1v) is 9.17. The second-order valence-electron chi connectivity index (χ2n) is 5.49. The van der Waals surface area contributed by atoms with Gasteiger partial charge in [0.15, 0.2) is 0 Å². The summed E-state index contributed by atoms with van der Waals surface area (Å²) < 4.78 is 43.0. The monoisotopic (exact) mass is 350 g/mol. The SMILES string of the molecule is Cc1ccc(S(=O)(=O)O)c(CCOCCOCc2ccccc2)c1. The van der Waals surface area contributed by atoms with Crippen LogP contribution in [0.5, 0.6) is 0 Å². The van der Waals surface area contributed by atoms with Gasteiger partial charge in [-0.05, 0) is 30.5 Å². The molecule has 0 spiro atoms. The maximum atomic E-state index is 11.4. The highest BCUT2D eigenvalue weighted by Crippen LogP contribution is 2.18. The van der Waals surface area contributed by atoms with Gasteiger partial charge in [0, 0.05) is 0 Å². The maximum Gasteiger partial charge on any atom is 0.294 e. The predicted molar refractivity (Wildman–Crippen MR) is 91.6 cm³/mol. The normalized spacial score (nSPS) is 11.6. The van der Waals surface area contributed by atoms with Crippen molar-refractivity contribution < 1.29 is 22.4 Å². The zero-order valence-corrected chi connectivity index (χ0v) is 14.5. The van der Waals surface area contributed by atoms with Crippen molar-refractivity contribution in [3.8, 4) is 0 Å². The van der Waals surface area contributed by atoms with Crippen molar-refractivity contribution in [3.05, 3.63) is 65.2 Å². The van der Waals surface area contributed by atoms with Gasteiger partial charge in [0.1, 0.15) is 0 Å². The molecule has 0 aliphatic carbocycles. The fourth-order valence-corrected chi connectivity index (χ4v) is 3.05. The van der Waals surface area contributed by atoms with Crippen LogP contribution in [0.2, 0.25) is 0 Å². The van der Waals surface area contributed by atoms with Crippen LogP contribution < -0.4 is 0 Å². The molecule has 0 unspecified atom stereocenters. The van der Waals surface area contributed by atoms with Crippen molar-refractivity contribution in [2.45, 2.75) is 24.8 Å². The van der Waals surface area contributed by atoms with Crippen LogP contribution in [0.15, 0.2) is 53.4 Å². The number of aryl methyl sites for hydroxylation is 1. The molecule has 0 saturated carbocycles. The highest BCUT2D eigenvalue weighted by atomic mass is 32.2. The standard InChI is InChI=1S/C18H22O5S/c1-15-7-8-18(24(19,20)21)17(13-15)9-10-22-11-12-23-14-16-5-3-2-4-6-16/h2-8,13H,9-12,14H2,1H3,(H,19,20,21). The van der Waals surface area contributed by atoms with Crippen LogP contribution in [-0.4, -0.2) is 32.8 Å². The van der Waals surface area contributed by atoms with Crippen LogP contribution in [-0.2, 0) is 32.6 Å². The third-order valence-electron chi connectivity index (χ3n) is 3.49. The number of benzene rings is 2. The molecule has 2 rings (SSSR count). The summed E-state index contributed by atoms with van der Waals surface area (Å²) in [6, 6.07) is 14.7. The Morgan fingerprint density at radius 1 is 0.958 bits per heavy atom. The van der Waals surface area contributed by atoms with Crippen molar-refractivity contribution in [2.24, 2.45) is 0 Å². The lowest BCUT2D eigenvalue weighted by Gasteiger charge is -2.09. The van der Waals surface area contributed by atoms with E-state index in [9.17, 15) is 13.0 Å². The summed E-state index contributed by atoms with van der Waals surface area (Å²) in [6.07, 6.45) is 0.412. The van der Waals surface area contributed by atoms with Gasteiger partial charge in [0.2, 0.25) is 0 Å². The van der Waals surface area contributed by atoms with E-state index in [1.54, 1.807) is 12.1 Å². The largest absolute Gasteiger partial charge is 0.379 e. The van der Waals surface area contributed by atoms with Crippen molar-refractivity contribution in [1.29, 1.82) is 0 Å². The highest BCUT2D eigenvalue weighted by Gasteiger charge is 2.15. The van der Waals surface area contributed by atoms with Gasteiger partial charge >= 0.3 is 0 Å².